The van der Waals surface area contributed by atoms with E-state index in [1.54, 1.807) is 0 Å². The molecular formula is C13H19F3N2S. The number of aromatic nitrogens is 1. The molecular weight excluding hydrogens is 273 g/mol. The van der Waals surface area contributed by atoms with Crippen molar-refractivity contribution in [1.82, 2.24) is 10.3 Å². The molecule has 2 unspecified atom stereocenters. The predicted molar refractivity (Wildman–Crippen MR) is 70.4 cm³/mol. The number of alkyl halides is 3. The number of hydrogen-bond acceptors (Lipinski definition) is 3. The van der Waals surface area contributed by atoms with Crippen molar-refractivity contribution in [3.8, 4) is 0 Å². The van der Waals surface area contributed by atoms with Crippen LogP contribution in [0.25, 0.3) is 0 Å². The lowest BCUT2D eigenvalue weighted by atomic mass is 9.78. The fourth-order valence-electron chi connectivity index (χ4n) is 2.75. The SMILES string of the molecule is CCNCC1CCCCC1c1cnc(C(F)(F)F)s1. The maximum Gasteiger partial charge on any atom is 0.443 e. The van der Waals surface area contributed by atoms with E-state index >= 15 is 0 Å². The first-order valence-electron chi connectivity index (χ1n) is 6.76. The molecule has 1 aliphatic carbocycles. The standard InChI is InChI=1S/C13H19F3N2S/c1-2-17-7-9-5-3-4-6-10(9)11-8-18-12(19-11)13(14,15)16/h8-10,17H,2-7H2,1H3. The first-order valence-corrected chi connectivity index (χ1v) is 7.57. The largest absolute Gasteiger partial charge is 0.443 e. The van der Waals surface area contributed by atoms with Crippen LogP contribution in [0.4, 0.5) is 13.2 Å². The molecule has 6 heteroatoms. The van der Waals surface area contributed by atoms with Gasteiger partial charge in [-0.25, -0.2) is 4.98 Å². The molecule has 1 aliphatic rings. The normalized spacial score (nSPS) is 24.6. The van der Waals surface area contributed by atoms with E-state index in [-0.39, 0.29) is 5.92 Å². The molecule has 1 aromatic rings. The Bertz CT molecular complexity index is 403. The monoisotopic (exact) mass is 292 g/mol. The molecule has 0 saturated heterocycles. The Morgan fingerprint density at radius 3 is 2.74 bits per heavy atom. The van der Waals surface area contributed by atoms with E-state index in [1.807, 2.05) is 6.92 Å². The zero-order valence-corrected chi connectivity index (χ0v) is 11.8. The van der Waals surface area contributed by atoms with Gasteiger partial charge in [-0.05, 0) is 37.8 Å². The van der Waals surface area contributed by atoms with E-state index < -0.39 is 11.2 Å². The van der Waals surface area contributed by atoms with Crippen molar-refractivity contribution in [1.29, 1.82) is 0 Å². The molecule has 108 valence electrons. The summed E-state index contributed by atoms with van der Waals surface area (Å²) in [7, 11) is 0. The van der Waals surface area contributed by atoms with Gasteiger partial charge in [-0.2, -0.15) is 13.2 Å². The second-order valence-electron chi connectivity index (χ2n) is 5.02. The van der Waals surface area contributed by atoms with E-state index in [4.69, 9.17) is 0 Å². The molecule has 0 amide bonds. The minimum atomic E-state index is -4.31. The second-order valence-corrected chi connectivity index (χ2v) is 6.09. The maximum atomic E-state index is 12.6. The van der Waals surface area contributed by atoms with E-state index in [0.717, 1.165) is 48.6 Å². The van der Waals surface area contributed by atoms with Crippen LogP contribution >= 0.6 is 11.3 Å². The summed E-state index contributed by atoms with van der Waals surface area (Å²) < 4.78 is 37.8. The molecule has 1 saturated carbocycles. The van der Waals surface area contributed by atoms with Gasteiger partial charge in [0, 0.05) is 11.1 Å². The van der Waals surface area contributed by atoms with Crippen LogP contribution in [0, 0.1) is 5.92 Å². The highest BCUT2D eigenvalue weighted by Crippen LogP contribution is 2.42. The van der Waals surface area contributed by atoms with Crippen LogP contribution in [0.1, 0.15) is 48.4 Å². The second kappa shape index (κ2) is 6.22. The van der Waals surface area contributed by atoms with Gasteiger partial charge in [0.15, 0.2) is 5.01 Å². The minimum absolute atomic E-state index is 0.237. The average molecular weight is 292 g/mol. The van der Waals surface area contributed by atoms with E-state index in [9.17, 15) is 13.2 Å². The van der Waals surface area contributed by atoms with E-state index in [2.05, 4.69) is 10.3 Å². The molecule has 0 spiro atoms. The smallest absolute Gasteiger partial charge is 0.317 e. The minimum Gasteiger partial charge on any atom is -0.317 e. The first-order chi connectivity index (χ1) is 9.02. The Morgan fingerprint density at radius 2 is 2.11 bits per heavy atom. The summed E-state index contributed by atoms with van der Waals surface area (Å²) in [5.41, 5.74) is 0. The van der Waals surface area contributed by atoms with Gasteiger partial charge in [-0.15, -0.1) is 11.3 Å². The number of nitrogens with one attached hydrogen (secondary N) is 1. The van der Waals surface area contributed by atoms with Crippen LogP contribution in [0.3, 0.4) is 0 Å². The highest BCUT2D eigenvalue weighted by atomic mass is 32.1. The van der Waals surface area contributed by atoms with Gasteiger partial charge in [0.2, 0.25) is 0 Å². The fourth-order valence-corrected chi connectivity index (χ4v) is 3.76. The predicted octanol–water partition coefficient (Wildman–Crippen LogP) is 4.05. The van der Waals surface area contributed by atoms with Gasteiger partial charge in [0.25, 0.3) is 0 Å². The molecule has 0 aromatic carbocycles. The van der Waals surface area contributed by atoms with Gasteiger partial charge >= 0.3 is 6.18 Å². The number of thiazole rings is 1. The van der Waals surface area contributed by atoms with Crippen LogP contribution in [-0.2, 0) is 6.18 Å². The summed E-state index contributed by atoms with van der Waals surface area (Å²) >= 11 is 0.820. The van der Waals surface area contributed by atoms with Crippen LogP contribution < -0.4 is 5.32 Å². The number of nitrogens with zero attached hydrogens (tertiary/aromatic N) is 1. The summed E-state index contributed by atoms with van der Waals surface area (Å²) in [6.07, 6.45) is 1.48. The molecule has 1 heterocycles. The molecule has 0 radical (unpaired) electrons. The van der Waals surface area contributed by atoms with Gasteiger partial charge < -0.3 is 5.32 Å². The van der Waals surface area contributed by atoms with Gasteiger partial charge in [-0.1, -0.05) is 19.8 Å². The van der Waals surface area contributed by atoms with Crippen molar-refractivity contribution in [2.24, 2.45) is 5.92 Å². The maximum absolute atomic E-state index is 12.6. The highest BCUT2D eigenvalue weighted by Gasteiger charge is 2.36. The number of rotatable bonds is 4. The lowest BCUT2D eigenvalue weighted by Crippen LogP contribution is -2.29. The zero-order chi connectivity index (χ0) is 13.9. The molecule has 19 heavy (non-hydrogen) atoms. The van der Waals surface area contributed by atoms with Crippen LogP contribution in [0.5, 0.6) is 0 Å². The number of halogens is 3. The first kappa shape index (κ1) is 14.8. The van der Waals surface area contributed by atoms with E-state index in [0.29, 0.717) is 5.92 Å². The van der Waals surface area contributed by atoms with Gasteiger partial charge in [0.1, 0.15) is 0 Å². The average Bonchev–Trinajstić information content (AvgIpc) is 2.86. The Kier molecular flexibility index (Phi) is 4.84. The van der Waals surface area contributed by atoms with Crippen molar-refractivity contribution >= 4 is 11.3 Å². The molecule has 1 aromatic heterocycles. The Morgan fingerprint density at radius 1 is 1.37 bits per heavy atom. The van der Waals surface area contributed by atoms with E-state index in [1.165, 1.54) is 12.6 Å². The molecule has 2 rings (SSSR count). The fraction of sp³-hybridized carbons (Fsp3) is 0.769. The summed E-state index contributed by atoms with van der Waals surface area (Å²) in [5.74, 6) is 0.677. The van der Waals surface area contributed by atoms with Crippen molar-refractivity contribution < 1.29 is 13.2 Å². The lowest BCUT2D eigenvalue weighted by Gasteiger charge is -2.30. The van der Waals surface area contributed by atoms with Crippen molar-refractivity contribution in [2.45, 2.75) is 44.7 Å². The van der Waals surface area contributed by atoms with Crippen LogP contribution in [0.15, 0.2) is 6.20 Å². The summed E-state index contributed by atoms with van der Waals surface area (Å²) in [4.78, 5) is 4.35. The zero-order valence-electron chi connectivity index (χ0n) is 11.0. The molecule has 1 fully saturated rings. The molecule has 2 atom stereocenters. The van der Waals surface area contributed by atoms with Crippen molar-refractivity contribution in [3.63, 3.8) is 0 Å². The van der Waals surface area contributed by atoms with Gasteiger partial charge in [0.05, 0.1) is 0 Å². The third-order valence-corrected chi connectivity index (χ3v) is 4.87. The summed E-state index contributed by atoms with van der Waals surface area (Å²) in [6, 6.07) is 0. The molecule has 1 N–H and O–H groups in total. The summed E-state index contributed by atoms with van der Waals surface area (Å²) in [6.45, 7) is 3.84. The summed E-state index contributed by atoms with van der Waals surface area (Å²) in [5, 5.41) is 2.60. The highest BCUT2D eigenvalue weighted by molar-refractivity contribution is 7.11. The number of hydrogen-bond donors (Lipinski definition) is 1. The van der Waals surface area contributed by atoms with Crippen LogP contribution in [-0.4, -0.2) is 18.1 Å². The Hall–Kier alpha value is -0.620. The third kappa shape index (κ3) is 3.69. The topological polar surface area (TPSA) is 24.9 Å². The molecule has 0 bridgehead atoms. The van der Waals surface area contributed by atoms with Crippen molar-refractivity contribution in [2.75, 3.05) is 13.1 Å². The molecule has 0 aliphatic heterocycles. The van der Waals surface area contributed by atoms with Crippen LogP contribution in [0.2, 0.25) is 0 Å². The van der Waals surface area contributed by atoms with Crippen molar-refractivity contribution in [3.05, 3.63) is 16.1 Å². The lowest BCUT2D eigenvalue weighted by molar-refractivity contribution is -0.137. The quantitative estimate of drug-likeness (QED) is 0.905. The van der Waals surface area contributed by atoms with Gasteiger partial charge in [-0.3, -0.25) is 0 Å². The Balaban J connectivity index is 2.11. The third-order valence-electron chi connectivity index (χ3n) is 3.70. The molecule has 2 nitrogen and oxygen atoms in total. The Labute approximate surface area is 115 Å².